The average Bonchev–Trinajstić information content (AvgIpc) is 2.56. The molecule has 1 aliphatic heterocycles. The second-order valence-electron chi connectivity index (χ2n) is 5.86. The maximum absolute atomic E-state index is 13.2. The Morgan fingerprint density at radius 2 is 1.80 bits per heavy atom. The highest BCUT2D eigenvalue weighted by atomic mass is 35.5. The van der Waals surface area contributed by atoms with Crippen LogP contribution in [0.5, 0.6) is 0 Å². The number of anilines is 3. The molecule has 1 aliphatic rings. The molecule has 5 nitrogen and oxygen atoms in total. The molecule has 2 heterocycles. The second kappa shape index (κ2) is 7.05. The number of benzene rings is 1. The van der Waals surface area contributed by atoms with Crippen LogP contribution in [-0.2, 0) is 6.18 Å². The summed E-state index contributed by atoms with van der Waals surface area (Å²) in [6.07, 6.45) is -3.17. The Morgan fingerprint density at radius 3 is 2.48 bits per heavy atom. The normalized spacial score (nSPS) is 16.1. The quantitative estimate of drug-likeness (QED) is 0.892. The van der Waals surface area contributed by atoms with Gasteiger partial charge in [0.1, 0.15) is 18.0 Å². The molecule has 1 aromatic carbocycles. The predicted octanol–water partition coefficient (Wildman–Crippen LogP) is 3.64. The topological polar surface area (TPSA) is 44.3 Å². The fraction of sp³-hybridized carbons (Fsp3) is 0.375. The van der Waals surface area contributed by atoms with Gasteiger partial charge in [0.25, 0.3) is 0 Å². The van der Waals surface area contributed by atoms with Crippen LogP contribution in [0, 0.1) is 0 Å². The van der Waals surface area contributed by atoms with Crippen molar-refractivity contribution in [3.63, 3.8) is 0 Å². The molecule has 0 aliphatic carbocycles. The minimum Gasteiger partial charge on any atom is -0.354 e. The van der Waals surface area contributed by atoms with Crippen molar-refractivity contribution >= 4 is 28.9 Å². The Kier molecular flexibility index (Phi) is 5.01. The number of aromatic nitrogens is 2. The zero-order valence-electron chi connectivity index (χ0n) is 13.5. The lowest BCUT2D eigenvalue weighted by Gasteiger charge is -2.33. The van der Waals surface area contributed by atoms with Crippen LogP contribution in [-0.4, -0.2) is 48.1 Å². The minimum atomic E-state index is -4.51. The number of halogens is 4. The molecule has 0 radical (unpaired) electrons. The van der Waals surface area contributed by atoms with Crippen molar-refractivity contribution in [2.75, 3.05) is 43.4 Å². The first kappa shape index (κ1) is 17.8. The summed E-state index contributed by atoms with van der Waals surface area (Å²) in [5.41, 5.74) is -0.931. The van der Waals surface area contributed by atoms with E-state index in [1.165, 1.54) is 18.5 Å². The number of hydrogen-bond donors (Lipinski definition) is 1. The van der Waals surface area contributed by atoms with E-state index in [1.807, 2.05) is 7.05 Å². The Bertz CT molecular complexity index is 745. The van der Waals surface area contributed by atoms with Crippen LogP contribution >= 0.6 is 11.6 Å². The van der Waals surface area contributed by atoms with Gasteiger partial charge >= 0.3 is 6.18 Å². The third-order valence-corrected chi connectivity index (χ3v) is 4.26. The van der Waals surface area contributed by atoms with E-state index in [9.17, 15) is 13.2 Å². The molecule has 0 bridgehead atoms. The number of hydrogen-bond acceptors (Lipinski definition) is 5. The Morgan fingerprint density at radius 1 is 1.08 bits per heavy atom. The van der Waals surface area contributed by atoms with Gasteiger partial charge < -0.3 is 15.1 Å². The zero-order valence-corrected chi connectivity index (χ0v) is 14.3. The van der Waals surface area contributed by atoms with Crippen LogP contribution < -0.4 is 10.2 Å². The Labute approximate surface area is 148 Å². The molecular formula is C16H17ClF3N5. The predicted molar refractivity (Wildman–Crippen MR) is 91.5 cm³/mol. The fourth-order valence-electron chi connectivity index (χ4n) is 2.62. The molecule has 0 spiro atoms. The highest BCUT2D eigenvalue weighted by Gasteiger charge is 2.34. The molecular weight excluding hydrogens is 355 g/mol. The summed E-state index contributed by atoms with van der Waals surface area (Å²) in [5.74, 6) is 0.991. The van der Waals surface area contributed by atoms with E-state index >= 15 is 0 Å². The van der Waals surface area contributed by atoms with Crippen molar-refractivity contribution in [1.82, 2.24) is 14.9 Å². The summed E-state index contributed by atoms with van der Waals surface area (Å²) < 4.78 is 39.6. The number of nitrogens with zero attached hydrogens (tertiary/aromatic N) is 4. The molecule has 3 rings (SSSR count). The van der Waals surface area contributed by atoms with Crippen LogP contribution in [0.3, 0.4) is 0 Å². The zero-order chi connectivity index (χ0) is 18.0. The maximum Gasteiger partial charge on any atom is 0.418 e. The molecule has 1 saturated heterocycles. The van der Waals surface area contributed by atoms with Gasteiger partial charge in [-0.05, 0) is 25.2 Å². The summed E-state index contributed by atoms with van der Waals surface area (Å²) in [6.45, 7) is 3.42. The lowest BCUT2D eigenvalue weighted by Crippen LogP contribution is -2.44. The van der Waals surface area contributed by atoms with Crippen LogP contribution in [0.2, 0.25) is 5.02 Å². The molecule has 1 N–H and O–H groups in total. The summed E-state index contributed by atoms with van der Waals surface area (Å²) in [5, 5.41) is 2.75. The molecule has 9 heteroatoms. The van der Waals surface area contributed by atoms with Gasteiger partial charge in [0.05, 0.1) is 11.3 Å². The van der Waals surface area contributed by atoms with Crippen LogP contribution in [0.25, 0.3) is 0 Å². The van der Waals surface area contributed by atoms with E-state index in [-0.39, 0.29) is 10.7 Å². The molecule has 1 aromatic heterocycles. The van der Waals surface area contributed by atoms with E-state index in [0.29, 0.717) is 11.6 Å². The molecule has 25 heavy (non-hydrogen) atoms. The van der Waals surface area contributed by atoms with Crippen molar-refractivity contribution in [3.8, 4) is 0 Å². The van der Waals surface area contributed by atoms with Crippen molar-refractivity contribution in [1.29, 1.82) is 0 Å². The first-order valence-corrected chi connectivity index (χ1v) is 8.10. The largest absolute Gasteiger partial charge is 0.418 e. The van der Waals surface area contributed by atoms with Gasteiger partial charge in [0, 0.05) is 37.3 Å². The highest BCUT2D eigenvalue weighted by molar-refractivity contribution is 6.30. The maximum atomic E-state index is 13.2. The monoisotopic (exact) mass is 371 g/mol. The van der Waals surface area contributed by atoms with Crippen LogP contribution in [0.1, 0.15) is 5.56 Å². The Balaban J connectivity index is 1.84. The van der Waals surface area contributed by atoms with Gasteiger partial charge in [-0.15, -0.1) is 0 Å². The molecule has 0 amide bonds. The smallest absolute Gasteiger partial charge is 0.354 e. The average molecular weight is 372 g/mol. The first-order valence-electron chi connectivity index (χ1n) is 7.72. The number of nitrogens with one attached hydrogen (secondary N) is 1. The van der Waals surface area contributed by atoms with E-state index in [1.54, 1.807) is 6.07 Å². The summed E-state index contributed by atoms with van der Waals surface area (Å²) in [6, 6.07) is 5.25. The lowest BCUT2D eigenvalue weighted by atomic mass is 10.1. The van der Waals surface area contributed by atoms with Crippen LogP contribution in [0.15, 0.2) is 30.6 Å². The van der Waals surface area contributed by atoms with Gasteiger partial charge in [-0.25, -0.2) is 9.97 Å². The third kappa shape index (κ3) is 4.32. The lowest BCUT2D eigenvalue weighted by molar-refractivity contribution is -0.136. The van der Waals surface area contributed by atoms with Crippen LogP contribution in [0.4, 0.5) is 30.5 Å². The fourth-order valence-corrected chi connectivity index (χ4v) is 2.79. The standard InChI is InChI=1S/C16H17ClF3N5/c1-24-4-6-25(7-5-24)15-9-14(21-10-22-15)23-13-3-2-11(17)8-12(13)16(18,19)20/h2-3,8-10H,4-7H2,1H3,(H,21,22,23). The van der Waals surface area contributed by atoms with Gasteiger partial charge in [-0.2, -0.15) is 13.2 Å². The van der Waals surface area contributed by atoms with Gasteiger partial charge in [0.2, 0.25) is 0 Å². The van der Waals surface area contributed by atoms with E-state index in [4.69, 9.17) is 11.6 Å². The minimum absolute atomic E-state index is 0.0266. The highest BCUT2D eigenvalue weighted by Crippen LogP contribution is 2.37. The summed E-state index contributed by atoms with van der Waals surface area (Å²) in [7, 11) is 2.05. The van der Waals surface area contributed by atoms with Crippen molar-refractivity contribution < 1.29 is 13.2 Å². The third-order valence-electron chi connectivity index (χ3n) is 4.03. The van der Waals surface area contributed by atoms with Gasteiger partial charge in [-0.3, -0.25) is 0 Å². The second-order valence-corrected chi connectivity index (χ2v) is 6.30. The molecule has 2 aromatic rings. The molecule has 134 valence electrons. The number of piperazine rings is 1. The van der Waals surface area contributed by atoms with E-state index in [0.717, 1.165) is 32.2 Å². The van der Waals surface area contributed by atoms with E-state index in [2.05, 4.69) is 25.1 Å². The Hall–Kier alpha value is -2.06. The number of rotatable bonds is 3. The first-order chi connectivity index (χ1) is 11.8. The molecule has 1 fully saturated rings. The molecule has 0 atom stereocenters. The van der Waals surface area contributed by atoms with Crippen molar-refractivity contribution in [3.05, 3.63) is 41.2 Å². The number of likely N-dealkylation sites (N-methyl/N-ethyl adjacent to an activating group) is 1. The van der Waals surface area contributed by atoms with Gasteiger partial charge in [-0.1, -0.05) is 11.6 Å². The SMILES string of the molecule is CN1CCN(c2cc(Nc3ccc(Cl)cc3C(F)(F)F)ncn2)CC1. The summed E-state index contributed by atoms with van der Waals surface area (Å²) in [4.78, 5) is 12.5. The van der Waals surface area contributed by atoms with Gasteiger partial charge in [0.15, 0.2) is 0 Å². The molecule has 0 saturated carbocycles. The number of alkyl halides is 3. The van der Waals surface area contributed by atoms with Crippen molar-refractivity contribution in [2.24, 2.45) is 0 Å². The van der Waals surface area contributed by atoms with Crippen molar-refractivity contribution in [2.45, 2.75) is 6.18 Å². The molecule has 0 unspecified atom stereocenters. The van der Waals surface area contributed by atoms with E-state index < -0.39 is 11.7 Å². The summed E-state index contributed by atoms with van der Waals surface area (Å²) >= 11 is 5.70.